The van der Waals surface area contributed by atoms with Gasteiger partial charge in [-0.2, -0.15) is 0 Å². The van der Waals surface area contributed by atoms with Crippen molar-refractivity contribution in [3.63, 3.8) is 0 Å². The van der Waals surface area contributed by atoms with E-state index in [1.807, 2.05) is 27.2 Å². The second-order valence-electron chi connectivity index (χ2n) is 24.8. The van der Waals surface area contributed by atoms with E-state index in [0.29, 0.717) is 17.4 Å². The average molecular weight is 1230 g/mol. The van der Waals surface area contributed by atoms with Gasteiger partial charge in [-0.05, 0) is 109 Å². The summed E-state index contributed by atoms with van der Waals surface area (Å²) in [6.07, 6.45) is 103. The third-order valence-corrected chi connectivity index (χ3v) is 16.2. The van der Waals surface area contributed by atoms with E-state index in [1.165, 1.54) is 141 Å². The van der Waals surface area contributed by atoms with Crippen LogP contribution in [0.25, 0.3) is 0 Å². The zero-order valence-corrected chi connectivity index (χ0v) is 57.8. The molecule has 0 saturated heterocycles. The van der Waals surface area contributed by atoms with Gasteiger partial charge >= 0.3 is 0 Å². The van der Waals surface area contributed by atoms with Gasteiger partial charge in [0.15, 0.2) is 0 Å². The minimum atomic E-state index is -4.63. The maximum absolute atomic E-state index is 13.0. The van der Waals surface area contributed by atoms with E-state index in [9.17, 15) is 19.4 Å². The van der Waals surface area contributed by atoms with Gasteiger partial charge in [-0.3, -0.25) is 9.36 Å². The monoisotopic (exact) mass is 1230 g/mol. The highest BCUT2D eigenvalue weighted by Gasteiger charge is 2.23. The Hall–Kier alpha value is -3.62. The number of aliphatic hydroxyl groups excluding tert-OH is 1. The molecule has 9 heteroatoms. The molecule has 0 saturated carbocycles. The Morgan fingerprint density at radius 1 is 0.414 bits per heavy atom. The Morgan fingerprint density at radius 2 is 0.713 bits per heavy atom. The van der Waals surface area contributed by atoms with Gasteiger partial charge < -0.3 is 28.8 Å². The Morgan fingerprint density at radius 3 is 1.07 bits per heavy atom. The van der Waals surface area contributed by atoms with Crippen LogP contribution in [0.3, 0.4) is 0 Å². The van der Waals surface area contributed by atoms with E-state index in [4.69, 9.17) is 9.05 Å². The number of hydrogen-bond acceptors (Lipinski definition) is 6. The number of phosphoric acid groups is 1. The van der Waals surface area contributed by atoms with Crippen LogP contribution in [0.5, 0.6) is 0 Å². The number of nitrogens with one attached hydrogen (secondary N) is 1. The molecule has 0 rings (SSSR count). The summed E-state index contributed by atoms with van der Waals surface area (Å²) in [6, 6.07) is -0.925. The number of phosphoric ester groups is 1. The van der Waals surface area contributed by atoms with E-state index in [-0.39, 0.29) is 12.5 Å². The van der Waals surface area contributed by atoms with Crippen molar-refractivity contribution in [1.82, 2.24) is 5.32 Å². The molecule has 0 spiro atoms. The van der Waals surface area contributed by atoms with Gasteiger partial charge in [0.05, 0.1) is 39.9 Å². The Bertz CT molecular complexity index is 1930. The number of unbranched alkanes of at least 4 members (excludes halogenated alkanes) is 29. The number of carbonyl (C=O) groups excluding carboxylic acids is 1. The number of rotatable bonds is 64. The van der Waals surface area contributed by atoms with Crippen molar-refractivity contribution >= 4 is 13.7 Å². The Kier molecular flexibility index (Phi) is 64.0. The predicted molar refractivity (Wildman–Crippen MR) is 380 cm³/mol. The molecule has 0 aliphatic rings. The molecule has 0 aromatic heterocycles. The molecule has 0 fully saturated rings. The zero-order chi connectivity index (χ0) is 63.4. The molecule has 3 atom stereocenters. The normalized spacial score (nSPS) is 14.5. The number of aliphatic hydroxyl groups is 1. The topological polar surface area (TPSA) is 108 Å². The molecule has 498 valence electrons. The molecule has 8 nitrogen and oxygen atoms in total. The quantitative estimate of drug-likeness (QED) is 0.0272. The van der Waals surface area contributed by atoms with Gasteiger partial charge in [-0.15, -0.1) is 0 Å². The molecule has 0 aliphatic heterocycles. The van der Waals surface area contributed by atoms with Gasteiger partial charge in [0, 0.05) is 6.42 Å². The second kappa shape index (κ2) is 66.8. The number of amides is 1. The largest absolute Gasteiger partial charge is 0.756 e. The van der Waals surface area contributed by atoms with E-state index < -0.39 is 26.6 Å². The third kappa shape index (κ3) is 69.7. The first-order valence-corrected chi connectivity index (χ1v) is 37.2. The number of quaternary nitrogens is 1. The molecule has 0 aliphatic carbocycles. The van der Waals surface area contributed by atoms with Crippen LogP contribution in [0.4, 0.5) is 0 Å². The van der Waals surface area contributed by atoms with Crippen LogP contribution >= 0.6 is 7.82 Å². The van der Waals surface area contributed by atoms with Crippen molar-refractivity contribution in [3.05, 3.63) is 146 Å². The first-order valence-electron chi connectivity index (χ1n) is 35.7. The summed E-state index contributed by atoms with van der Waals surface area (Å²) in [5.41, 5.74) is 0. The van der Waals surface area contributed by atoms with Gasteiger partial charge in [-0.1, -0.05) is 320 Å². The third-order valence-electron chi connectivity index (χ3n) is 15.3. The molecule has 0 aromatic carbocycles. The van der Waals surface area contributed by atoms with Crippen LogP contribution in [0.2, 0.25) is 0 Å². The maximum Gasteiger partial charge on any atom is 0.268 e. The summed E-state index contributed by atoms with van der Waals surface area (Å²) in [5, 5.41) is 13.9. The van der Waals surface area contributed by atoms with Gasteiger partial charge in [0.2, 0.25) is 5.91 Å². The van der Waals surface area contributed by atoms with Crippen molar-refractivity contribution in [2.45, 2.75) is 302 Å². The van der Waals surface area contributed by atoms with Gasteiger partial charge in [0.25, 0.3) is 7.82 Å². The van der Waals surface area contributed by atoms with Crippen molar-refractivity contribution in [3.8, 4) is 0 Å². The molecule has 0 radical (unpaired) electrons. The lowest BCUT2D eigenvalue weighted by Gasteiger charge is -2.29. The highest BCUT2D eigenvalue weighted by Crippen LogP contribution is 2.38. The number of hydrogen-bond donors (Lipinski definition) is 2. The van der Waals surface area contributed by atoms with Crippen LogP contribution < -0.4 is 10.2 Å². The predicted octanol–water partition coefficient (Wildman–Crippen LogP) is 22.5. The van der Waals surface area contributed by atoms with E-state index in [1.54, 1.807) is 6.08 Å². The Labute approximate surface area is 538 Å². The summed E-state index contributed by atoms with van der Waals surface area (Å²) >= 11 is 0. The minimum Gasteiger partial charge on any atom is -0.756 e. The minimum absolute atomic E-state index is 0.0168. The SMILES string of the molecule is CC/C=C\C/C=C\C/C=C\C/C=C\C/C=C\C/C=C\C/C=C\C/C=C\C/C=C\C/C=C\CCCCCCCCC(=O)NC(COP(=O)([O-])OCC[N+](C)(C)C)C(O)/C=C/CC/C=C/CCCCCCCCCCCCCCCCCCCCCCCC. The van der Waals surface area contributed by atoms with Gasteiger partial charge in [0.1, 0.15) is 13.2 Å². The van der Waals surface area contributed by atoms with Crippen LogP contribution in [0, 0.1) is 0 Å². The highest BCUT2D eigenvalue weighted by molar-refractivity contribution is 7.45. The fourth-order valence-electron chi connectivity index (χ4n) is 9.79. The van der Waals surface area contributed by atoms with E-state index in [0.717, 1.165) is 128 Å². The molecule has 1 amide bonds. The van der Waals surface area contributed by atoms with Crippen molar-refractivity contribution < 1.29 is 32.9 Å². The van der Waals surface area contributed by atoms with E-state index in [2.05, 4.69) is 153 Å². The van der Waals surface area contributed by atoms with Crippen LogP contribution in [-0.2, 0) is 18.4 Å². The number of likely N-dealkylation sites (N-methyl/N-ethyl adjacent to an activating group) is 1. The van der Waals surface area contributed by atoms with Crippen molar-refractivity contribution in [1.29, 1.82) is 0 Å². The second-order valence-corrected chi connectivity index (χ2v) is 26.3. The molecular weight excluding hydrogens is 1090 g/mol. The van der Waals surface area contributed by atoms with Crippen molar-refractivity contribution in [2.24, 2.45) is 0 Å². The van der Waals surface area contributed by atoms with Gasteiger partial charge in [-0.25, -0.2) is 0 Å². The smallest absolute Gasteiger partial charge is 0.268 e. The lowest BCUT2D eigenvalue weighted by Crippen LogP contribution is -2.45. The molecule has 0 heterocycles. The maximum atomic E-state index is 13.0. The number of allylic oxidation sites excluding steroid dienone is 23. The standard InChI is InChI=1S/C78H135N2O6P/c1-6-8-10-12-14-16-18-20-22-24-26-28-30-32-34-36-37-38-39-40-41-42-43-44-46-48-50-52-54-56-58-60-62-64-66-68-70-72-78(82)79-76(75-86-87(83,84)85-74-73-80(3,4)5)77(81)71-69-67-65-63-61-59-57-55-53-51-49-47-45-35-33-31-29-27-25-23-21-19-17-15-13-11-9-7-2/h8,10,14,16,20,22,26,28,32,34,37-38,40-41,43-44,48,50,54,56,61,63,69,71,76-77,81H,6-7,9,11-13,15,17-19,21,23-25,27,29-31,33,35-36,39,42,45-47,49,51-53,55,57-60,62,64-68,70,72-75H2,1-5H3,(H-,79,82,83,84)/b10-8-,16-14-,22-20-,28-26-,34-32-,38-37-,41-40-,44-43-,50-48-,56-54-,63-61+,71-69+. The number of nitrogens with zero attached hydrogens (tertiary/aromatic N) is 1. The average Bonchev–Trinajstić information content (AvgIpc) is 3.70. The molecular formula is C78H135N2O6P. The summed E-state index contributed by atoms with van der Waals surface area (Å²) in [6.45, 7) is 4.51. The zero-order valence-electron chi connectivity index (χ0n) is 56.9. The fraction of sp³-hybridized carbons (Fsp3) is 0.679. The molecule has 2 N–H and O–H groups in total. The first-order chi connectivity index (χ1) is 42.5. The molecule has 0 bridgehead atoms. The summed E-state index contributed by atoms with van der Waals surface area (Å²) in [7, 11) is 1.22. The molecule has 3 unspecified atom stereocenters. The summed E-state index contributed by atoms with van der Waals surface area (Å²) in [4.78, 5) is 25.6. The van der Waals surface area contributed by atoms with Crippen LogP contribution in [0.15, 0.2) is 146 Å². The van der Waals surface area contributed by atoms with E-state index >= 15 is 0 Å². The van der Waals surface area contributed by atoms with Crippen LogP contribution in [0.1, 0.15) is 290 Å². The Balaban J connectivity index is 4.21. The molecule has 87 heavy (non-hydrogen) atoms. The summed E-state index contributed by atoms with van der Waals surface area (Å²) < 4.78 is 23.4. The highest BCUT2D eigenvalue weighted by atomic mass is 31.2. The van der Waals surface area contributed by atoms with Crippen molar-refractivity contribution in [2.75, 3.05) is 40.9 Å². The lowest BCUT2D eigenvalue weighted by atomic mass is 10.0. The fourth-order valence-corrected chi connectivity index (χ4v) is 10.5. The van der Waals surface area contributed by atoms with Crippen LogP contribution in [-0.4, -0.2) is 68.5 Å². The number of carbonyl (C=O) groups is 1. The summed E-state index contributed by atoms with van der Waals surface area (Å²) in [5.74, 6) is -0.225. The molecule has 0 aromatic rings. The first kappa shape index (κ1) is 83.4. The lowest BCUT2D eigenvalue weighted by molar-refractivity contribution is -0.870.